The molecule has 0 fully saturated rings. The van der Waals surface area contributed by atoms with Crippen LogP contribution in [0.1, 0.15) is 12.0 Å². The Morgan fingerprint density at radius 2 is 1.62 bits per heavy atom. The molecule has 32 heavy (non-hydrogen) atoms. The van der Waals surface area contributed by atoms with Gasteiger partial charge in [0.15, 0.2) is 5.82 Å². The molecule has 10 heteroatoms. The Labute approximate surface area is 188 Å². The Morgan fingerprint density at radius 3 is 2.31 bits per heavy atom. The highest BCUT2D eigenvalue weighted by Crippen LogP contribution is 2.18. The van der Waals surface area contributed by atoms with Crippen LogP contribution in [0.5, 0.6) is 0 Å². The van der Waals surface area contributed by atoms with Crippen molar-refractivity contribution in [2.24, 2.45) is 5.73 Å². The summed E-state index contributed by atoms with van der Waals surface area (Å²) in [5, 5.41) is 6.53. The summed E-state index contributed by atoms with van der Waals surface area (Å²) in [5.41, 5.74) is 7.51. The molecule has 0 radical (unpaired) electrons. The Hall–Kier alpha value is -3.08. The quantitative estimate of drug-likeness (QED) is 0.304. The van der Waals surface area contributed by atoms with E-state index in [-0.39, 0.29) is 0 Å². The zero-order valence-corrected chi connectivity index (χ0v) is 18.5. The molecule has 0 unspecified atom stereocenters. The fraction of sp³-hybridized carbons (Fsp3) is 0.455. The van der Waals surface area contributed by atoms with E-state index in [2.05, 4.69) is 37.5 Å². The number of nitrogens with zero attached hydrogens (tertiary/aromatic N) is 5. The minimum Gasteiger partial charge on any atom is -0.378 e. The van der Waals surface area contributed by atoms with Crippen LogP contribution in [0.3, 0.4) is 0 Å². The summed E-state index contributed by atoms with van der Waals surface area (Å²) in [6.45, 7) is 6.89. The lowest BCUT2D eigenvalue weighted by molar-refractivity contribution is 0.0547. The first kappa shape index (κ1) is 23.6. The molecule has 2 heterocycles. The summed E-state index contributed by atoms with van der Waals surface area (Å²) < 4.78 is 12.9. The molecule has 0 aliphatic heterocycles. The van der Waals surface area contributed by atoms with Crippen molar-refractivity contribution in [3.63, 3.8) is 0 Å². The van der Waals surface area contributed by atoms with Crippen molar-refractivity contribution in [1.29, 1.82) is 0 Å². The molecule has 0 saturated heterocycles. The van der Waals surface area contributed by atoms with Gasteiger partial charge in [0.25, 0.3) is 0 Å². The highest BCUT2D eigenvalue weighted by atomic mass is 16.5. The fourth-order valence-electron chi connectivity index (χ4n) is 2.89. The van der Waals surface area contributed by atoms with E-state index in [9.17, 15) is 0 Å². The van der Waals surface area contributed by atoms with Gasteiger partial charge in [-0.3, -0.25) is 0 Å². The summed E-state index contributed by atoms with van der Waals surface area (Å²) in [7, 11) is 0. The molecule has 3 rings (SSSR count). The zero-order chi connectivity index (χ0) is 22.4. The highest BCUT2D eigenvalue weighted by molar-refractivity contribution is 5.58. The highest BCUT2D eigenvalue weighted by Gasteiger charge is 2.08. The standard InChI is InChI=1S/C22H32N8O2/c1-18-3-5-19(6-4-18)20-27-21(25-8-2-11-30-12-9-24-17-30)29-22(28-20)26-10-14-32-16-15-31-13-7-23/h3-6,9,12,17H,2,7-8,10-11,13-16,23H2,1H3,(H2,25,26,27,28,29). The lowest BCUT2D eigenvalue weighted by Gasteiger charge is -2.11. The molecular formula is C22H32N8O2. The van der Waals surface area contributed by atoms with Crippen LogP contribution >= 0.6 is 0 Å². The van der Waals surface area contributed by atoms with Gasteiger partial charge in [0.1, 0.15) is 0 Å². The van der Waals surface area contributed by atoms with Gasteiger partial charge in [-0.1, -0.05) is 29.8 Å². The maximum absolute atomic E-state index is 5.55. The van der Waals surface area contributed by atoms with Gasteiger partial charge in [-0.15, -0.1) is 0 Å². The molecule has 0 aliphatic rings. The largest absolute Gasteiger partial charge is 0.378 e. The van der Waals surface area contributed by atoms with Crippen molar-refractivity contribution in [3.8, 4) is 11.4 Å². The maximum Gasteiger partial charge on any atom is 0.228 e. The van der Waals surface area contributed by atoms with E-state index >= 15 is 0 Å². The molecule has 4 N–H and O–H groups in total. The van der Waals surface area contributed by atoms with E-state index in [0.29, 0.717) is 57.2 Å². The average molecular weight is 441 g/mol. The number of hydrogen-bond acceptors (Lipinski definition) is 9. The molecule has 0 atom stereocenters. The maximum atomic E-state index is 5.55. The molecule has 0 amide bonds. The van der Waals surface area contributed by atoms with Crippen LogP contribution in [-0.4, -0.2) is 70.6 Å². The van der Waals surface area contributed by atoms with Gasteiger partial charge in [-0.25, -0.2) is 4.98 Å². The van der Waals surface area contributed by atoms with Gasteiger partial charge >= 0.3 is 0 Å². The summed E-state index contributed by atoms with van der Waals surface area (Å²) in [4.78, 5) is 17.8. The van der Waals surface area contributed by atoms with E-state index in [1.165, 1.54) is 5.56 Å². The monoisotopic (exact) mass is 440 g/mol. The molecule has 0 saturated carbocycles. The van der Waals surface area contributed by atoms with Crippen LogP contribution < -0.4 is 16.4 Å². The van der Waals surface area contributed by atoms with Crippen LogP contribution in [0, 0.1) is 6.92 Å². The number of nitrogens with two attached hydrogens (primary N) is 1. The number of anilines is 2. The lowest BCUT2D eigenvalue weighted by atomic mass is 10.1. The van der Waals surface area contributed by atoms with Gasteiger partial charge in [-0.2, -0.15) is 15.0 Å². The van der Waals surface area contributed by atoms with Crippen LogP contribution in [-0.2, 0) is 16.0 Å². The van der Waals surface area contributed by atoms with Crippen LogP contribution in [0.4, 0.5) is 11.9 Å². The molecule has 1 aromatic carbocycles. The average Bonchev–Trinajstić information content (AvgIpc) is 3.32. The van der Waals surface area contributed by atoms with E-state index in [1.54, 1.807) is 6.20 Å². The molecule has 0 bridgehead atoms. The second kappa shape index (κ2) is 13.4. The van der Waals surface area contributed by atoms with Gasteiger partial charge in [0, 0.05) is 44.1 Å². The number of benzene rings is 1. The lowest BCUT2D eigenvalue weighted by Crippen LogP contribution is -2.17. The SMILES string of the molecule is Cc1ccc(-c2nc(NCCCn3ccnc3)nc(NCCOCCOCCN)n2)cc1. The number of aryl methyl sites for hydroxylation is 2. The first-order valence-corrected chi connectivity index (χ1v) is 10.9. The minimum absolute atomic E-state index is 0.510. The third-order valence-corrected chi connectivity index (χ3v) is 4.54. The summed E-state index contributed by atoms with van der Waals surface area (Å²) in [5.74, 6) is 1.67. The van der Waals surface area contributed by atoms with Gasteiger partial charge in [0.2, 0.25) is 11.9 Å². The van der Waals surface area contributed by atoms with Crippen molar-refractivity contribution in [2.45, 2.75) is 19.9 Å². The van der Waals surface area contributed by atoms with E-state index in [4.69, 9.17) is 15.2 Å². The number of aromatic nitrogens is 5. The zero-order valence-electron chi connectivity index (χ0n) is 18.5. The summed E-state index contributed by atoms with van der Waals surface area (Å²) >= 11 is 0. The molecular weight excluding hydrogens is 408 g/mol. The van der Waals surface area contributed by atoms with E-state index < -0.39 is 0 Å². The van der Waals surface area contributed by atoms with E-state index in [1.807, 2.05) is 41.4 Å². The topological polar surface area (TPSA) is 125 Å². The molecule has 2 aromatic heterocycles. The normalized spacial score (nSPS) is 10.9. The molecule has 172 valence electrons. The molecule has 3 aromatic rings. The third-order valence-electron chi connectivity index (χ3n) is 4.54. The first-order valence-electron chi connectivity index (χ1n) is 10.9. The van der Waals surface area contributed by atoms with Gasteiger partial charge in [0.05, 0.1) is 32.8 Å². The number of nitrogens with one attached hydrogen (secondary N) is 2. The van der Waals surface area contributed by atoms with E-state index in [0.717, 1.165) is 25.1 Å². The van der Waals surface area contributed by atoms with Crippen molar-refractivity contribution >= 4 is 11.9 Å². The Kier molecular flexibility index (Phi) is 9.84. The first-order chi connectivity index (χ1) is 15.7. The van der Waals surface area contributed by atoms with Crippen LogP contribution in [0.15, 0.2) is 43.0 Å². The molecule has 0 aliphatic carbocycles. The van der Waals surface area contributed by atoms with Crippen molar-refractivity contribution in [3.05, 3.63) is 48.5 Å². The Morgan fingerprint density at radius 1 is 0.906 bits per heavy atom. The van der Waals surface area contributed by atoms with Crippen molar-refractivity contribution < 1.29 is 9.47 Å². The Balaban J connectivity index is 1.55. The number of ether oxygens (including phenoxy) is 2. The number of imidazole rings is 1. The number of hydrogen-bond donors (Lipinski definition) is 3. The summed E-state index contributed by atoms with van der Waals surface area (Å²) in [6.07, 6.45) is 6.46. The predicted molar refractivity (Wildman–Crippen MR) is 125 cm³/mol. The van der Waals surface area contributed by atoms with Crippen LogP contribution in [0.2, 0.25) is 0 Å². The van der Waals surface area contributed by atoms with Crippen LogP contribution in [0.25, 0.3) is 11.4 Å². The van der Waals surface area contributed by atoms with Gasteiger partial charge < -0.3 is 30.4 Å². The van der Waals surface area contributed by atoms with Crippen molar-refractivity contribution in [1.82, 2.24) is 24.5 Å². The van der Waals surface area contributed by atoms with Crippen molar-refractivity contribution in [2.75, 3.05) is 56.7 Å². The second-order valence-corrected chi connectivity index (χ2v) is 7.19. The number of rotatable bonds is 15. The predicted octanol–water partition coefficient (Wildman–Crippen LogP) is 1.95. The smallest absolute Gasteiger partial charge is 0.228 e. The molecule has 10 nitrogen and oxygen atoms in total. The van der Waals surface area contributed by atoms with Gasteiger partial charge in [-0.05, 0) is 13.3 Å². The fourth-order valence-corrected chi connectivity index (χ4v) is 2.89. The molecule has 0 spiro atoms. The Bertz CT molecular complexity index is 903. The summed E-state index contributed by atoms with van der Waals surface area (Å²) in [6, 6.07) is 8.12. The second-order valence-electron chi connectivity index (χ2n) is 7.19. The third kappa shape index (κ3) is 8.22. The minimum atomic E-state index is 0.510.